The number of ether oxygens (including phenoxy) is 2. The van der Waals surface area contributed by atoms with Gasteiger partial charge >= 0.3 is 0 Å². The van der Waals surface area contributed by atoms with Gasteiger partial charge in [-0.15, -0.1) is 0 Å². The molecule has 0 spiro atoms. The lowest BCUT2D eigenvalue weighted by molar-refractivity contribution is 0.386. The normalized spacial score (nSPS) is 11.5. The van der Waals surface area contributed by atoms with Gasteiger partial charge < -0.3 is 14.8 Å². The quantitative estimate of drug-likeness (QED) is 0.887. The first kappa shape index (κ1) is 15.9. The van der Waals surface area contributed by atoms with Crippen LogP contribution in [0.5, 0.6) is 11.5 Å². The molecule has 0 aliphatic carbocycles. The van der Waals surface area contributed by atoms with Gasteiger partial charge in [0.05, 0.1) is 25.9 Å². The first-order chi connectivity index (χ1) is 10.7. The van der Waals surface area contributed by atoms with E-state index in [1.54, 1.807) is 14.2 Å². The number of hydrogen-bond donors (Lipinski definition) is 1. The summed E-state index contributed by atoms with van der Waals surface area (Å²) in [5.41, 5.74) is 2.89. The highest BCUT2D eigenvalue weighted by atomic mass is 16.5. The highest BCUT2D eigenvalue weighted by Crippen LogP contribution is 2.29. The Hall–Kier alpha value is -2.51. The molecule has 0 saturated heterocycles. The van der Waals surface area contributed by atoms with Gasteiger partial charge in [0.1, 0.15) is 11.5 Å². The van der Waals surface area contributed by atoms with Crippen molar-refractivity contribution in [2.45, 2.75) is 19.5 Å². The first-order valence-electron chi connectivity index (χ1n) is 7.12. The minimum Gasteiger partial charge on any atom is -0.497 e. The molecule has 0 saturated carbocycles. The van der Waals surface area contributed by atoms with Gasteiger partial charge in [-0.3, -0.25) is 0 Å². The van der Waals surface area contributed by atoms with Crippen molar-refractivity contribution in [1.29, 1.82) is 5.26 Å². The highest BCUT2D eigenvalue weighted by molar-refractivity contribution is 5.42. The fourth-order valence-corrected chi connectivity index (χ4v) is 2.25. The van der Waals surface area contributed by atoms with Gasteiger partial charge in [-0.2, -0.15) is 5.26 Å². The van der Waals surface area contributed by atoms with Crippen LogP contribution in [0.4, 0.5) is 0 Å². The van der Waals surface area contributed by atoms with Crippen LogP contribution in [0.25, 0.3) is 0 Å². The summed E-state index contributed by atoms with van der Waals surface area (Å²) < 4.78 is 10.7. The molecule has 0 aliphatic heterocycles. The number of hydrogen-bond acceptors (Lipinski definition) is 4. The zero-order chi connectivity index (χ0) is 15.9. The van der Waals surface area contributed by atoms with Crippen molar-refractivity contribution in [3.63, 3.8) is 0 Å². The van der Waals surface area contributed by atoms with E-state index in [1.807, 2.05) is 42.5 Å². The number of nitrogens with one attached hydrogen (secondary N) is 1. The lowest BCUT2D eigenvalue weighted by atomic mass is 10.1. The van der Waals surface area contributed by atoms with Gasteiger partial charge in [-0.25, -0.2) is 0 Å². The fourth-order valence-electron chi connectivity index (χ4n) is 2.25. The van der Waals surface area contributed by atoms with Crippen molar-refractivity contribution in [2.24, 2.45) is 0 Å². The van der Waals surface area contributed by atoms with E-state index in [4.69, 9.17) is 14.7 Å². The minimum atomic E-state index is 0.136. The van der Waals surface area contributed by atoms with Gasteiger partial charge in [-0.1, -0.05) is 18.2 Å². The predicted molar refractivity (Wildman–Crippen MR) is 86.0 cm³/mol. The van der Waals surface area contributed by atoms with E-state index < -0.39 is 0 Å². The molecule has 0 radical (unpaired) electrons. The zero-order valence-corrected chi connectivity index (χ0v) is 13.1. The lowest BCUT2D eigenvalue weighted by Crippen LogP contribution is -2.18. The number of nitrogens with zero attached hydrogens (tertiary/aromatic N) is 1. The van der Waals surface area contributed by atoms with Crippen LogP contribution in [0.3, 0.4) is 0 Å². The second-order valence-electron chi connectivity index (χ2n) is 5.02. The third-order valence-corrected chi connectivity index (χ3v) is 3.60. The van der Waals surface area contributed by atoms with Crippen molar-refractivity contribution in [2.75, 3.05) is 14.2 Å². The molecule has 1 atom stereocenters. The summed E-state index contributed by atoms with van der Waals surface area (Å²) in [6.45, 7) is 2.82. The number of nitriles is 1. The number of rotatable bonds is 6. The summed E-state index contributed by atoms with van der Waals surface area (Å²) in [6.07, 6.45) is 0. The average Bonchev–Trinajstić information content (AvgIpc) is 2.59. The summed E-state index contributed by atoms with van der Waals surface area (Å²) in [6, 6.07) is 15.7. The van der Waals surface area contributed by atoms with Crippen molar-refractivity contribution in [1.82, 2.24) is 5.32 Å². The van der Waals surface area contributed by atoms with Crippen molar-refractivity contribution < 1.29 is 9.47 Å². The van der Waals surface area contributed by atoms with E-state index in [-0.39, 0.29) is 6.04 Å². The fraction of sp³-hybridized carbons (Fsp3) is 0.278. The lowest BCUT2D eigenvalue weighted by Gasteiger charge is -2.18. The van der Waals surface area contributed by atoms with Crippen LogP contribution in [0.1, 0.15) is 29.7 Å². The molecule has 4 nitrogen and oxygen atoms in total. The number of methoxy groups -OCH3 is 2. The maximum Gasteiger partial charge on any atom is 0.127 e. The monoisotopic (exact) mass is 296 g/mol. The maximum atomic E-state index is 8.81. The van der Waals surface area contributed by atoms with Crippen LogP contribution in [0.15, 0.2) is 42.5 Å². The third-order valence-electron chi connectivity index (χ3n) is 3.60. The van der Waals surface area contributed by atoms with Crippen molar-refractivity contribution in [3.8, 4) is 17.6 Å². The molecule has 2 aromatic rings. The zero-order valence-electron chi connectivity index (χ0n) is 13.1. The van der Waals surface area contributed by atoms with E-state index >= 15 is 0 Å². The summed E-state index contributed by atoms with van der Waals surface area (Å²) in [5, 5.41) is 12.3. The van der Waals surface area contributed by atoms with E-state index in [2.05, 4.69) is 18.3 Å². The summed E-state index contributed by atoms with van der Waals surface area (Å²) in [5.74, 6) is 1.58. The molecular weight excluding hydrogens is 276 g/mol. The van der Waals surface area contributed by atoms with E-state index in [1.165, 1.54) is 0 Å². The molecule has 0 heterocycles. The first-order valence-corrected chi connectivity index (χ1v) is 7.12. The smallest absolute Gasteiger partial charge is 0.127 e. The molecule has 0 unspecified atom stereocenters. The largest absolute Gasteiger partial charge is 0.497 e. The van der Waals surface area contributed by atoms with Crippen molar-refractivity contribution in [3.05, 3.63) is 59.2 Å². The molecule has 1 N–H and O–H groups in total. The van der Waals surface area contributed by atoms with Gasteiger partial charge in [0.25, 0.3) is 0 Å². The van der Waals surface area contributed by atoms with E-state index in [0.717, 1.165) is 29.2 Å². The Labute approximate surface area is 131 Å². The maximum absolute atomic E-state index is 8.81. The standard InChI is InChI=1S/C18H20N2O2/c1-13(17-9-8-16(21-2)10-18(17)22-3)20-12-15-6-4-14(11-19)5-7-15/h4-10,13,20H,12H2,1-3H3/t13-/m0/s1. The van der Waals surface area contributed by atoms with E-state index in [9.17, 15) is 0 Å². The van der Waals surface area contributed by atoms with Crippen LogP contribution < -0.4 is 14.8 Å². The van der Waals surface area contributed by atoms with Gasteiger partial charge in [0, 0.05) is 24.2 Å². The van der Waals surface area contributed by atoms with E-state index in [0.29, 0.717) is 5.56 Å². The van der Waals surface area contributed by atoms with Crippen LogP contribution in [-0.4, -0.2) is 14.2 Å². The molecular formula is C18H20N2O2. The molecule has 0 bridgehead atoms. The molecule has 114 valence electrons. The average molecular weight is 296 g/mol. The molecule has 0 fully saturated rings. The molecule has 2 rings (SSSR count). The highest BCUT2D eigenvalue weighted by Gasteiger charge is 2.12. The van der Waals surface area contributed by atoms with Crippen LogP contribution >= 0.6 is 0 Å². The summed E-state index contributed by atoms with van der Waals surface area (Å²) in [7, 11) is 3.30. The van der Waals surface area contributed by atoms with Crippen LogP contribution in [0.2, 0.25) is 0 Å². The topological polar surface area (TPSA) is 54.3 Å². The minimum absolute atomic E-state index is 0.136. The molecule has 2 aromatic carbocycles. The Morgan fingerprint density at radius 1 is 1.09 bits per heavy atom. The molecule has 0 aromatic heterocycles. The molecule has 0 amide bonds. The molecule has 4 heteroatoms. The second kappa shape index (κ2) is 7.48. The Balaban J connectivity index is 2.05. The van der Waals surface area contributed by atoms with Crippen LogP contribution in [0, 0.1) is 11.3 Å². The Bertz CT molecular complexity index is 660. The second-order valence-corrected chi connectivity index (χ2v) is 5.02. The third kappa shape index (κ3) is 3.78. The Morgan fingerprint density at radius 3 is 2.41 bits per heavy atom. The molecule has 22 heavy (non-hydrogen) atoms. The van der Waals surface area contributed by atoms with Crippen molar-refractivity contribution >= 4 is 0 Å². The van der Waals surface area contributed by atoms with Gasteiger partial charge in [-0.05, 0) is 30.7 Å². The Morgan fingerprint density at radius 2 is 1.82 bits per heavy atom. The van der Waals surface area contributed by atoms with Crippen LogP contribution in [-0.2, 0) is 6.54 Å². The Kier molecular flexibility index (Phi) is 5.40. The van der Waals surface area contributed by atoms with Gasteiger partial charge in [0.15, 0.2) is 0 Å². The predicted octanol–water partition coefficient (Wildman–Crippen LogP) is 3.43. The van der Waals surface area contributed by atoms with Gasteiger partial charge in [0.2, 0.25) is 0 Å². The summed E-state index contributed by atoms with van der Waals surface area (Å²) in [4.78, 5) is 0. The summed E-state index contributed by atoms with van der Waals surface area (Å²) >= 11 is 0. The number of benzene rings is 2. The SMILES string of the molecule is COc1ccc([C@H](C)NCc2ccc(C#N)cc2)c(OC)c1. The molecule has 0 aliphatic rings.